The second-order valence-corrected chi connectivity index (χ2v) is 8.16. The lowest BCUT2D eigenvalue weighted by molar-refractivity contribution is 0.249. The molecule has 0 atom stereocenters. The Kier molecular flexibility index (Phi) is 5.40. The van der Waals surface area contributed by atoms with Gasteiger partial charge in [-0.25, -0.2) is 12.8 Å². The Bertz CT molecular complexity index is 618. The van der Waals surface area contributed by atoms with Gasteiger partial charge in [0.1, 0.15) is 10.7 Å². The number of nitrogens with two attached hydrogens (primary N) is 1. The highest BCUT2D eigenvalue weighted by atomic mass is 79.9. The normalized spacial score (nSPS) is 16.2. The molecule has 1 aromatic carbocycles. The number of sulfonamides is 1. The standard InChI is InChI=1S/C14H20BrFN2O2S/c1-2-18(9-10-4-3-5-10)21(19,20)13-7-12(15)6-11(8-17)14(13)16/h6-7,10H,2-5,8-9,17H2,1H3. The summed E-state index contributed by atoms with van der Waals surface area (Å²) >= 11 is 3.22. The van der Waals surface area contributed by atoms with E-state index in [-0.39, 0.29) is 17.0 Å². The molecule has 7 heteroatoms. The summed E-state index contributed by atoms with van der Waals surface area (Å²) in [5.74, 6) is -0.350. The second-order valence-electron chi connectivity index (χ2n) is 5.33. The topological polar surface area (TPSA) is 63.4 Å². The van der Waals surface area contributed by atoms with Crippen molar-refractivity contribution in [2.24, 2.45) is 11.7 Å². The molecule has 1 aliphatic rings. The molecule has 2 N–H and O–H groups in total. The molecule has 0 bridgehead atoms. The Morgan fingerprint density at radius 3 is 2.57 bits per heavy atom. The molecule has 0 aromatic heterocycles. The molecule has 1 aromatic rings. The molecule has 0 aliphatic heterocycles. The highest BCUT2D eigenvalue weighted by Crippen LogP contribution is 2.31. The third kappa shape index (κ3) is 3.47. The van der Waals surface area contributed by atoms with Gasteiger partial charge >= 0.3 is 0 Å². The van der Waals surface area contributed by atoms with Crippen LogP contribution < -0.4 is 5.73 Å². The van der Waals surface area contributed by atoms with Gasteiger partial charge in [-0.15, -0.1) is 0 Å². The first-order valence-electron chi connectivity index (χ1n) is 7.08. The van der Waals surface area contributed by atoms with E-state index in [1.165, 1.54) is 16.4 Å². The lowest BCUT2D eigenvalue weighted by Crippen LogP contribution is -2.37. The van der Waals surface area contributed by atoms with E-state index in [0.29, 0.717) is 23.5 Å². The quantitative estimate of drug-likeness (QED) is 0.827. The van der Waals surface area contributed by atoms with Crippen molar-refractivity contribution in [1.82, 2.24) is 4.31 Å². The molecule has 0 radical (unpaired) electrons. The molecule has 21 heavy (non-hydrogen) atoms. The molecule has 118 valence electrons. The summed E-state index contributed by atoms with van der Waals surface area (Å²) in [6, 6.07) is 2.82. The van der Waals surface area contributed by atoms with Crippen LogP contribution in [0, 0.1) is 11.7 Å². The first-order valence-corrected chi connectivity index (χ1v) is 9.31. The molecule has 0 spiro atoms. The van der Waals surface area contributed by atoms with E-state index in [1.807, 2.05) is 0 Å². The van der Waals surface area contributed by atoms with Crippen molar-refractivity contribution in [3.8, 4) is 0 Å². The molecule has 1 aliphatic carbocycles. The Labute approximate surface area is 133 Å². The highest BCUT2D eigenvalue weighted by Gasteiger charge is 2.31. The zero-order valence-electron chi connectivity index (χ0n) is 12.0. The van der Waals surface area contributed by atoms with Crippen LogP contribution in [0.25, 0.3) is 0 Å². The van der Waals surface area contributed by atoms with Gasteiger partial charge in [-0.05, 0) is 30.9 Å². The van der Waals surface area contributed by atoms with Crippen LogP contribution in [-0.4, -0.2) is 25.8 Å². The first-order chi connectivity index (χ1) is 9.90. The van der Waals surface area contributed by atoms with Crippen molar-refractivity contribution in [3.63, 3.8) is 0 Å². The number of halogens is 2. The van der Waals surface area contributed by atoms with E-state index < -0.39 is 15.8 Å². The molecule has 4 nitrogen and oxygen atoms in total. The average molecular weight is 379 g/mol. The zero-order valence-corrected chi connectivity index (χ0v) is 14.4. The van der Waals surface area contributed by atoms with Crippen molar-refractivity contribution in [2.45, 2.75) is 37.6 Å². The van der Waals surface area contributed by atoms with Crippen LogP contribution in [0.3, 0.4) is 0 Å². The van der Waals surface area contributed by atoms with Gasteiger partial charge in [-0.1, -0.05) is 29.3 Å². The minimum absolute atomic E-state index is 0.0391. The maximum Gasteiger partial charge on any atom is 0.246 e. The van der Waals surface area contributed by atoms with E-state index in [4.69, 9.17) is 5.73 Å². The SMILES string of the molecule is CCN(CC1CCC1)S(=O)(=O)c1cc(Br)cc(CN)c1F. The largest absolute Gasteiger partial charge is 0.326 e. The molecule has 1 fully saturated rings. The summed E-state index contributed by atoms with van der Waals surface area (Å²) in [6.07, 6.45) is 3.23. The number of hydrogen-bond acceptors (Lipinski definition) is 3. The van der Waals surface area contributed by atoms with E-state index in [0.717, 1.165) is 19.3 Å². The fraction of sp³-hybridized carbons (Fsp3) is 0.571. The minimum atomic E-state index is -3.84. The van der Waals surface area contributed by atoms with Crippen LogP contribution in [0.5, 0.6) is 0 Å². The Morgan fingerprint density at radius 2 is 2.10 bits per heavy atom. The van der Waals surface area contributed by atoms with Gasteiger partial charge in [0.15, 0.2) is 0 Å². The fourth-order valence-corrected chi connectivity index (χ4v) is 4.77. The van der Waals surface area contributed by atoms with Gasteiger partial charge < -0.3 is 5.73 Å². The molecule has 0 heterocycles. The molecule has 0 unspecified atom stereocenters. The zero-order chi connectivity index (χ0) is 15.6. The summed E-state index contributed by atoms with van der Waals surface area (Å²) in [7, 11) is -3.84. The van der Waals surface area contributed by atoms with E-state index in [2.05, 4.69) is 15.9 Å². The summed E-state index contributed by atoms with van der Waals surface area (Å²) < 4.78 is 41.7. The van der Waals surface area contributed by atoms with Gasteiger partial charge in [0, 0.05) is 29.7 Å². The van der Waals surface area contributed by atoms with Gasteiger partial charge in [0.2, 0.25) is 10.0 Å². The monoisotopic (exact) mass is 378 g/mol. The van der Waals surface area contributed by atoms with Crippen molar-refractivity contribution in [2.75, 3.05) is 13.1 Å². The first kappa shape index (κ1) is 16.9. The molecular formula is C14H20BrFN2O2S. The lowest BCUT2D eigenvalue weighted by atomic mass is 9.85. The van der Waals surface area contributed by atoms with Crippen LogP contribution >= 0.6 is 15.9 Å². The Hall–Kier alpha value is -0.500. The summed E-state index contributed by atoms with van der Waals surface area (Å²) in [6.45, 7) is 2.53. The maximum atomic E-state index is 14.4. The van der Waals surface area contributed by atoms with E-state index >= 15 is 0 Å². The van der Waals surface area contributed by atoms with E-state index in [9.17, 15) is 12.8 Å². The third-order valence-electron chi connectivity index (χ3n) is 3.96. The molecule has 0 amide bonds. The molecule has 1 saturated carbocycles. The van der Waals surface area contributed by atoms with Crippen molar-refractivity contribution in [1.29, 1.82) is 0 Å². The van der Waals surface area contributed by atoms with Crippen molar-refractivity contribution >= 4 is 26.0 Å². The van der Waals surface area contributed by atoms with Crippen molar-refractivity contribution < 1.29 is 12.8 Å². The maximum absolute atomic E-state index is 14.4. The summed E-state index contributed by atoms with van der Waals surface area (Å²) in [5.41, 5.74) is 5.68. The molecular weight excluding hydrogens is 359 g/mol. The number of rotatable bonds is 6. The average Bonchev–Trinajstić information content (AvgIpc) is 2.39. The molecule has 0 saturated heterocycles. The Morgan fingerprint density at radius 1 is 1.43 bits per heavy atom. The van der Waals surface area contributed by atoms with Gasteiger partial charge in [-0.3, -0.25) is 0 Å². The van der Waals surface area contributed by atoms with Crippen LogP contribution in [0.2, 0.25) is 0 Å². The predicted molar refractivity (Wildman–Crippen MR) is 83.8 cm³/mol. The summed E-state index contributed by atoms with van der Waals surface area (Å²) in [5, 5.41) is 0. The van der Waals surface area contributed by atoms with Gasteiger partial charge in [0.25, 0.3) is 0 Å². The number of hydrogen-bond donors (Lipinski definition) is 1. The van der Waals surface area contributed by atoms with E-state index in [1.54, 1.807) is 6.92 Å². The summed E-state index contributed by atoms with van der Waals surface area (Å²) in [4.78, 5) is -0.293. The highest BCUT2D eigenvalue weighted by molar-refractivity contribution is 9.10. The van der Waals surface area contributed by atoms with Crippen LogP contribution in [-0.2, 0) is 16.6 Å². The second kappa shape index (κ2) is 6.73. The van der Waals surface area contributed by atoms with Crippen LogP contribution in [0.15, 0.2) is 21.5 Å². The smallest absolute Gasteiger partial charge is 0.246 e. The minimum Gasteiger partial charge on any atom is -0.326 e. The molecule has 2 rings (SSSR count). The van der Waals surface area contributed by atoms with Gasteiger partial charge in [-0.2, -0.15) is 4.31 Å². The lowest BCUT2D eigenvalue weighted by Gasteiger charge is -2.31. The predicted octanol–water partition coefficient (Wildman–Crippen LogP) is 2.86. The fourth-order valence-electron chi connectivity index (χ4n) is 2.45. The Balaban J connectivity index is 2.39. The third-order valence-corrected chi connectivity index (χ3v) is 6.35. The number of benzene rings is 1. The number of nitrogens with zero attached hydrogens (tertiary/aromatic N) is 1. The van der Waals surface area contributed by atoms with Crippen LogP contribution in [0.4, 0.5) is 4.39 Å². The van der Waals surface area contributed by atoms with Gasteiger partial charge in [0.05, 0.1) is 0 Å². The van der Waals surface area contributed by atoms with Crippen LogP contribution in [0.1, 0.15) is 31.7 Å². The van der Waals surface area contributed by atoms with Crippen molar-refractivity contribution in [3.05, 3.63) is 28.0 Å².